The van der Waals surface area contributed by atoms with E-state index >= 15 is 0 Å². The van der Waals surface area contributed by atoms with Gasteiger partial charge < -0.3 is 14.1 Å². The minimum absolute atomic E-state index is 0.0381. The van der Waals surface area contributed by atoms with Crippen molar-refractivity contribution in [3.63, 3.8) is 0 Å². The van der Waals surface area contributed by atoms with Gasteiger partial charge in [-0.25, -0.2) is 0 Å². The zero-order chi connectivity index (χ0) is 14.7. The largest absolute Gasteiger partial charge is 0.478 e. The van der Waals surface area contributed by atoms with E-state index in [0.29, 0.717) is 11.3 Å². The predicted molar refractivity (Wildman–Crippen MR) is 76.9 cm³/mol. The van der Waals surface area contributed by atoms with Crippen LogP contribution in [0.5, 0.6) is 5.75 Å². The van der Waals surface area contributed by atoms with Crippen LogP contribution in [0.1, 0.15) is 25.0 Å². The first-order valence-electron chi connectivity index (χ1n) is 7.12. The fraction of sp³-hybridized carbons (Fsp3) is 0.375. The van der Waals surface area contributed by atoms with Crippen molar-refractivity contribution in [1.29, 1.82) is 5.26 Å². The first-order chi connectivity index (χ1) is 10.3. The summed E-state index contributed by atoms with van der Waals surface area (Å²) >= 11 is 0. The number of furan rings is 1. The zero-order valence-corrected chi connectivity index (χ0v) is 11.7. The molecule has 21 heavy (non-hydrogen) atoms. The molecular formula is C16H16N2O3. The molecule has 2 aromatic rings. The van der Waals surface area contributed by atoms with Gasteiger partial charge in [0.1, 0.15) is 11.7 Å². The van der Waals surface area contributed by atoms with Crippen LogP contribution in [0, 0.1) is 11.3 Å². The maximum Gasteiger partial charge on any atom is 0.260 e. The molecule has 2 heterocycles. The molecule has 1 aliphatic heterocycles. The molecule has 0 saturated carbocycles. The van der Waals surface area contributed by atoms with E-state index in [1.807, 2.05) is 29.2 Å². The Labute approximate surface area is 122 Å². The molecule has 1 amide bonds. The van der Waals surface area contributed by atoms with Crippen LogP contribution in [-0.2, 0) is 4.79 Å². The van der Waals surface area contributed by atoms with Gasteiger partial charge in [0.05, 0.1) is 5.39 Å². The van der Waals surface area contributed by atoms with Crippen LogP contribution in [0.3, 0.4) is 0 Å². The van der Waals surface area contributed by atoms with Crippen molar-refractivity contribution >= 4 is 16.9 Å². The SMILES string of the molecule is N#Cc1oc2ccccc2c1OCC(=O)N1CCCCC1. The summed E-state index contributed by atoms with van der Waals surface area (Å²) in [6, 6.07) is 9.24. The summed E-state index contributed by atoms with van der Waals surface area (Å²) < 4.78 is 11.0. The van der Waals surface area contributed by atoms with Crippen LogP contribution in [0.15, 0.2) is 28.7 Å². The quantitative estimate of drug-likeness (QED) is 0.869. The lowest BCUT2D eigenvalue weighted by molar-refractivity contribution is -0.134. The Morgan fingerprint density at radius 2 is 2.05 bits per heavy atom. The summed E-state index contributed by atoms with van der Waals surface area (Å²) in [4.78, 5) is 13.9. The average Bonchev–Trinajstić information content (AvgIpc) is 2.91. The van der Waals surface area contributed by atoms with Gasteiger partial charge in [0.15, 0.2) is 12.4 Å². The summed E-state index contributed by atoms with van der Waals surface area (Å²) in [5.74, 6) is 0.435. The van der Waals surface area contributed by atoms with E-state index in [-0.39, 0.29) is 18.3 Å². The third kappa shape index (κ3) is 2.70. The van der Waals surface area contributed by atoms with Gasteiger partial charge in [0.25, 0.3) is 5.91 Å². The number of carbonyl (C=O) groups is 1. The molecule has 1 aromatic carbocycles. The van der Waals surface area contributed by atoms with Crippen LogP contribution in [0.4, 0.5) is 0 Å². The van der Waals surface area contributed by atoms with Gasteiger partial charge in [-0.3, -0.25) is 4.79 Å². The Balaban J connectivity index is 1.75. The van der Waals surface area contributed by atoms with Crippen LogP contribution >= 0.6 is 0 Å². The number of ether oxygens (including phenoxy) is 1. The second-order valence-corrected chi connectivity index (χ2v) is 5.10. The summed E-state index contributed by atoms with van der Waals surface area (Å²) in [6.07, 6.45) is 3.27. The number of nitriles is 1. The minimum atomic E-state index is -0.0573. The van der Waals surface area contributed by atoms with E-state index in [2.05, 4.69) is 0 Å². The third-order valence-corrected chi connectivity index (χ3v) is 3.70. The van der Waals surface area contributed by atoms with Crippen LogP contribution in [-0.4, -0.2) is 30.5 Å². The molecule has 1 saturated heterocycles. The zero-order valence-electron chi connectivity index (χ0n) is 11.7. The van der Waals surface area contributed by atoms with Gasteiger partial charge in [-0.1, -0.05) is 12.1 Å². The van der Waals surface area contributed by atoms with Gasteiger partial charge in [-0.15, -0.1) is 0 Å². The van der Waals surface area contributed by atoms with Crippen LogP contribution in [0.25, 0.3) is 11.0 Å². The second-order valence-electron chi connectivity index (χ2n) is 5.10. The monoisotopic (exact) mass is 284 g/mol. The highest BCUT2D eigenvalue weighted by Gasteiger charge is 2.20. The molecule has 0 spiro atoms. The Hall–Kier alpha value is -2.48. The van der Waals surface area contributed by atoms with E-state index in [4.69, 9.17) is 14.4 Å². The number of nitrogens with zero attached hydrogens (tertiary/aromatic N) is 2. The number of likely N-dealkylation sites (tertiary alicyclic amines) is 1. The molecule has 0 N–H and O–H groups in total. The highest BCUT2D eigenvalue weighted by Crippen LogP contribution is 2.32. The molecule has 0 atom stereocenters. The fourth-order valence-electron chi connectivity index (χ4n) is 2.61. The van der Waals surface area contributed by atoms with Gasteiger partial charge in [-0.05, 0) is 31.4 Å². The van der Waals surface area contributed by atoms with Crippen molar-refractivity contribution < 1.29 is 13.9 Å². The number of para-hydroxylation sites is 1. The second kappa shape index (κ2) is 5.88. The van der Waals surface area contributed by atoms with Crippen molar-refractivity contribution in [3.8, 4) is 11.8 Å². The lowest BCUT2D eigenvalue weighted by Gasteiger charge is -2.26. The van der Waals surface area contributed by atoms with E-state index in [9.17, 15) is 4.79 Å². The highest BCUT2D eigenvalue weighted by molar-refractivity contribution is 5.87. The molecule has 0 aliphatic carbocycles. The van der Waals surface area contributed by atoms with Crippen LogP contribution in [0.2, 0.25) is 0 Å². The number of fused-ring (bicyclic) bond motifs is 1. The summed E-state index contributed by atoms with van der Waals surface area (Å²) in [5.41, 5.74) is 0.592. The summed E-state index contributed by atoms with van der Waals surface area (Å²) in [7, 11) is 0. The number of amides is 1. The molecule has 5 nitrogen and oxygen atoms in total. The standard InChI is InChI=1S/C16H16N2O3/c17-10-14-16(12-6-2-3-7-13(12)21-14)20-11-15(19)18-8-4-1-5-9-18/h2-3,6-7H,1,4-5,8-9,11H2. The van der Waals surface area contributed by atoms with E-state index in [0.717, 1.165) is 31.3 Å². The molecule has 1 fully saturated rings. The van der Waals surface area contributed by atoms with Gasteiger partial charge in [0, 0.05) is 13.1 Å². The third-order valence-electron chi connectivity index (χ3n) is 3.70. The summed E-state index contributed by atoms with van der Waals surface area (Å²) in [5, 5.41) is 9.84. The molecule has 1 aliphatic rings. The molecule has 3 rings (SSSR count). The normalized spacial score (nSPS) is 14.9. The molecule has 0 radical (unpaired) electrons. The first-order valence-corrected chi connectivity index (χ1v) is 7.12. The highest BCUT2D eigenvalue weighted by atomic mass is 16.5. The van der Waals surface area contributed by atoms with Crippen LogP contribution < -0.4 is 4.74 Å². The van der Waals surface area contributed by atoms with E-state index < -0.39 is 0 Å². The number of rotatable bonds is 3. The topological polar surface area (TPSA) is 66.5 Å². The van der Waals surface area contributed by atoms with E-state index in [1.165, 1.54) is 6.42 Å². The average molecular weight is 284 g/mol. The molecule has 1 aromatic heterocycles. The molecule has 0 bridgehead atoms. The maximum atomic E-state index is 12.1. The van der Waals surface area contributed by atoms with Gasteiger partial charge >= 0.3 is 0 Å². The Bertz CT molecular complexity index is 693. The minimum Gasteiger partial charge on any atom is -0.478 e. The maximum absolute atomic E-state index is 12.1. The fourth-order valence-corrected chi connectivity index (χ4v) is 2.61. The number of hydrogen-bond acceptors (Lipinski definition) is 4. The lowest BCUT2D eigenvalue weighted by atomic mass is 10.1. The number of hydrogen-bond donors (Lipinski definition) is 0. The molecular weight excluding hydrogens is 268 g/mol. The summed E-state index contributed by atoms with van der Waals surface area (Å²) in [6.45, 7) is 1.52. The number of benzene rings is 1. The van der Waals surface area contributed by atoms with Crippen molar-refractivity contribution in [2.45, 2.75) is 19.3 Å². The first kappa shape index (κ1) is 13.5. The van der Waals surface area contributed by atoms with Crippen molar-refractivity contribution in [1.82, 2.24) is 4.90 Å². The number of piperidine rings is 1. The Morgan fingerprint density at radius 1 is 1.29 bits per heavy atom. The Morgan fingerprint density at radius 3 is 2.81 bits per heavy atom. The van der Waals surface area contributed by atoms with Crippen molar-refractivity contribution in [3.05, 3.63) is 30.0 Å². The van der Waals surface area contributed by atoms with Gasteiger partial charge in [0.2, 0.25) is 5.76 Å². The predicted octanol–water partition coefficient (Wildman–Crippen LogP) is 2.70. The van der Waals surface area contributed by atoms with Crippen molar-refractivity contribution in [2.75, 3.05) is 19.7 Å². The van der Waals surface area contributed by atoms with Gasteiger partial charge in [-0.2, -0.15) is 5.26 Å². The molecule has 108 valence electrons. The van der Waals surface area contributed by atoms with E-state index in [1.54, 1.807) is 6.07 Å². The smallest absolute Gasteiger partial charge is 0.260 e. The lowest BCUT2D eigenvalue weighted by Crippen LogP contribution is -2.38. The molecule has 0 unspecified atom stereocenters. The molecule has 5 heteroatoms. The Kier molecular flexibility index (Phi) is 3.78. The van der Waals surface area contributed by atoms with Crippen molar-refractivity contribution in [2.24, 2.45) is 0 Å². The number of carbonyl (C=O) groups excluding carboxylic acids is 1.